The van der Waals surface area contributed by atoms with Crippen LogP contribution in [0.5, 0.6) is 11.5 Å². The molecule has 3 aliphatic heterocycles. The summed E-state index contributed by atoms with van der Waals surface area (Å²) in [5.74, 6) is -3.80. The minimum Gasteiger partial charge on any atom is -0.508 e. The highest BCUT2D eigenvalue weighted by Crippen LogP contribution is 2.63. The van der Waals surface area contributed by atoms with Gasteiger partial charge in [0.15, 0.2) is 0 Å². The SMILES string of the molecule is O=C1[C@H]2[C@H](CC=C3[C@H](C4=COc5ccc(O)cc5C4)[C@]4(c5ccccc5)C(=O)N(c5cccc(Cl)c5)C(=O)[C@@H]4C[C@H]32)C(=O)N1Cc1ccccc1. The summed E-state index contributed by atoms with van der Waals surface area (Å²) in [6.07, 6.45) is 4.62. The summed E-state index contributed by atoms with van der Waals surface area (Å²) >= 11 is 6.42. The summed E-state index contributed by atoms with van der Waals surface area (Å²) in [5, 5.41) is 10.8. The molecule has 3 heterocycles. The van der Waals surface area contributed by atoms with Gasteiger partial charge in [-0.3, -0.25) is 24.1 Å². The van der Waals surface area contributed by atoms with Crippen molar-refractivity contribution >= 4 is 40.9 Å². The molecule has 8 nitrogen and oxygen atoms in total. The van der Waals surface area contributed by atoms with Crippen LogP contribution in [0.3, 0.4) is 0 Å². The fraction of sp³-hybridized carbons (Fsp3) is 0.238. The second kappa shape index (κ2) is 11.8. The van der Waals surface area contributed by atoms with Crippen LogP contribution in [-0.4, -0.2) is 33.6 Å². The van der Waals surface area contributed by atoms with Crippen LogP contribution in [0, 0.1) is 29.6 Å². The first-order valence-electron chi connectivity index (χ1n) is 17.2. The first-order chi connectivity index (χ1) is 24.8. The number of imide groups is 2. The Morgan fingerprint density at radius 1 is 0.824 bits per heavy atom. The average Bonchev–Trinajstić information content (AvgIpc) is 3.52. The first kappa shape index (κ1) is 31.5. The average molecular weight is 697 g/mol. The monoisotopic (exact) mass is 696 g/mol. The van der Waals surface area contributed by atoms with Crippen LogP contribution < -0.4 is 9.64 Å². The molecule has 0 unspecified atom stereocenters. The molecule has 1 saturated carbocycles. The number of rotatable bonds is 5. The lowest BCUT2D eigenvalue weighted by Crippen LogP contribution is -2.55. The summed E-state index contributed by atoms with van der Waals surface area (Å²) in [6.45, 7) is 0.174. The number of phenolic OH excluding ortho intramolecular Hbond substituents is 1. The van der Waals surface area contributed by atoms with E-state index in [4.69, 9.17) is 16.3 Å². The molecule has 51 heavy (non-hydrogen) atoms. The Kier molecular flexibility index (Phi) is 7.30. The Hall–Kier alpha value is -5.47. The Bertz CT molecular complexity index is 2200. The number of likely N-dealkylation sites (tertiary alicyclic amines) is 1. The van der Waals surface area contributed by atoms with E-state index in [9.17, 15) is 19.5 Å². The van der Waals surface area contributed by atoms with Crippen molar-refractivity contribution in [2.75, 3.05) is 4.90 Å². The van der Waals surface area contributed by atoms with Crippen molar-refractivity contribution in [1.29, 1.82) is 0 Å². The van der Waals surface area contributed by atoms with E-state index in [1.54, 1.807) is 48.7 Å². The molecule has 0 aromatic heterocycles. The van der Waals surface area contributed by atoms with E-state index in [-0.39, 0.29) is 42.3 Å². The molecular formula is C42H33ClN2O6. The highest BCUT2D eigenvalue weighted by molar-refractivity contribution is 6.32. The summed E-state index contributed by atoms with van der Waals surface area (Å²) in [7, 11) is 0. The van der Waals surface area contributed by atoms with Crippen molar-refractivity contribution < 1.29 is 29.0 Å². The molecule has 6 atom stereocenters. The lowest BCUT2D eigenvalue weighted by Gasteiger charge is -2.51. The maximum Gasteiger partial charge on any atom is 0.246 e. The second-order valence-electron chi connectivity index (χ2n) is 14.1. The number of fused-ring (bicyclic) bond motifs is 5. The van der Waals surface area contributed by atoms with Crippen LogP contribution in [-0.2, 0) is 37.6 Å². The Balaban J connectivity index is 1.23. The van der Waals surface area contributed by atoms with Gasteiger partial charge in [0, 0.05) is 22.9 Å². The number of phenols is 1. The smallest absolute Gasteiger partial charge is 0.246 e. The summed E-state index contributed by atoms with van der Waals surface area (Å²) < 4.78 is 6.19. The zero-order valence-electron chi connectivity index (χ0n) is 27.4. The lowest BCUT2D eigenvalue weighted by atomic mass is 9.48. The molecule has 3 fully saturated rings. The maximum absolute atomic E-state index is 15.4. The Morgan fingerprint density at radius 3 is 2.35 bits per heavy atom. The van der Waals surface area contributed by atoms with Crippen molar-refractivity contribution in [2.24, 2.45) is 29.6 Å². The van der Waals surface area contributed by atoms with E-state index in [0.29, 0.717) is 34.9 Å². The molecule has 0 spiro atoms. The van der Waals surface area contributed by atoms with Crippen molar-refractivity contribution in [1.82, 2.24) is 4.90 Å². The van der Waals surface area contributed by atoms with Crippen LogP contribution in [0.2, 0.25) is 5.02 Å². The van der Waals surface area contributed by atoms with Crippen molar-refractivity contribution in [3.05, 3.63) is 148 Å². The number of benzene rings is 4. The van der Waals surface area contributed by atoms with Gasteiger partial charge in [-0.15, -0.1) is 0 Å². The molecule has 4 aromatic carbocycles. The number of allylic oxidation sites excluding steroid dienone is 3. The topological polar surface area (TPSA) is 104 Å². The predicted octanol–water partition coefficient (Wildman–Crippen LogP) is 6.76. The third kappa shape index (κ3) is 4.66. The van der Waals surface area contributed by atoms with Gasteiger partial charge in [0.1, 0.15) is 11.5 Å². The summed E-state index contributed by atoms with van der Waals surface area (Å²) in [6, 6.07) is 30.5. The number of halogens is 1. The van der Waals surface area contributed by atoms with Crippen LogP contribution in [0.25, 0.3) is 0 Å². The number of carbonyl (C=O) groups is 4. The third-order valence-corrected chi connectivity index (χ3v) is 11.8. The second-order valence-corrected chi connectivity index (χ2v) is 14.6. The standard InChI is InChI=1S/C42H33ClN2O6/c43-28-12-7-13-29(20-28)45-39(48)34-21-33-31(15-16-32-36(33)40(49)44(38(32)47)22-24-8-3-1-4-9-24)37(42(34,41(45)50)27-10-5-2-6-11-27)26-18-25-19-30(46)14-17-35(25)51-23-26/h1-15,17,19-20,23,32-34,36-37,46H,16,18,21-22H2/t32-,33+,34-,36-,37-,42+/m0/s1. The number of ether oxygens (including phenoxy) is 1. The van der Waals surface area contributed by atoms with E-state index in [1.165, 1.54) is 9.80 Å². The van der Waals surface area contributed by atoms with E-state index in [2.05, 4.69) is 0 Å². The molecule has 4 amide bonds. The highest BCUT2D eigenvalue weighted by atomic mass is 35.5. The molecule has 2 saturated heterocycles. The molecular weight excluding hydrogens is 664 g/mol. The quantitative estimate of drug-likeness (QED) is 0.183. The molecule has 1 N–H and O–H groups in total. The van der Waals surface area contributed by atoms with Gasteiger partial charge in [0.2, 0.25) is 23.6 Å². The fourth-order valence-corrected chi connectivity index (χ4v) is 9.73. The Morgan fingerprint density at radius 2 is 1.59 bits per heavy atom. The minimum absolute atomic E-state index is 0.0864. The van der Waals surface area contributed by atoms with Gasteiger partial charge in [0.25, 0.3) is 0 Å². The largest absolute Gasteiger partial charge is 0.508 e. The Labute approximate surface area is 299 Å². The molecule has 4 aromatic rings. The molecule has 2 aliphatic carbocycles. The number of hydrogen-bond acceptors (Lipinski definition) is 6. The molecule has 0 bridgehead atoms. The first-order valence-corrected chi connectivity index (χ1v) is 17.6. The molecule has 5 aliphatic rings. The van der Waals surface area contributed by atoms with Gasteiger partial charge in [-0.2, -0.15) is 0 Å². The van der Waals surface area contributed by atoms with Gasteiger partial charge in [0.05, 0.1) is 41.7 Å². The summed E-state index contributed by atoms with van der Waals surface area (Å²) in [5.41, 5.74) is 2.89. The number of nitrogens with zero attached hydrogens (tertiary/aromatic N) is 2. The third-order valence-electron chi connectivity index (χ3n) is 11.6. The van der Waals surface area contributed by atoms with Gasteiger partial charge in [-0.25, -0.2) is 4.90 Å². The van der Waals surface area contributed by atoms with E-state index < -0.39 is 35.0 Å². The number of anilines is 1. The summed E-state index contributed by atoms with van der Waals surface area (Å²) in [4.78, 5) is 61.4. The van der Waals surface area contributed by atoms with Crippen LogP contribution in [0.15, 0.2) is 127 Å². The molecule has 9 heteroatoms. The number of hydrogen-bond donors (Lipinski definition) is 1. The van der Waals surface area contributed by atoms with Gasteiger partial charge >= 0.3 is 0 Å². The van der Waals surface area contributed by atoms with Crippen molar-refractivity contribution in [2.45, 2.75) is 31.2 Å². The maximum atomic E-state index is 15.4. The van der Waals surface area contributed by atoms with Crippen molar-refractivity contribution in [3.8, 4) is 11.5 Å². The van der Waals surface area contributed by atoms with Crippen LogP contribution >= 0.6 is 11.6 Å². The molecule has 0 radical (unpaired) electrons. The number of amides is 4. The predicted molar refractivity (Wildman–Crippen MR) is 189 cm³/mol. The minimum atomic E-state index is -1.39. The van der Waals surface area contributed by atoms with E-state index in [1.807, 2.05) is 66.7 Å². The normalized spacial score (nSPS) is 28.0. The lowest BCUT2D eigenvalue weighted by molar-refractivity contribution is -0.141. The molecule has 9 rings (SSSR count). The van der Waals surface area contributed by atoms with E-state index >= 15 is 4.79 Å². The van der Waals surface area contributed by atoms with E-state index in [0.717, 1.165) is 22.3 Å². The van der Waals surface area contributed by atoms with Crippen LogP contribution in [0.1, 0.15) is 29.5 Å². The fourth-order valence-electron chi connectivity index (χ4n) is 9.55. The van der Waals surface area contributed by atoms with Crippen molar-refractivity contribution in [3.63, 3.8) is 0 Å². The zero-order chi connectivity index (χ0) is 35.0. The van der Waals surface area contributed by atoms with Gasteiger partial charge in [-0.1, -0.05) is 90.0 Å². The van der Waals surface area contributed by atoms with Gasteiger partial charge < -0.3 is 9.84 Å². The highest BCUT2D eigenvalue weighted by Gasteiger charge is 2.70. The van der Waals surface area contributed by atoms with Crippen LogP contribution in [0.4, 0.5) is 5.69 Å². The van der Waals surface area contributed by atoms with Gasteiger partial charge in [-0.05, 0) is 71.9 Å². The number of aromatic hydroxyl groups is 1. The zero-order valence-corrected chi connectivity index (χ0v) is 28.2. The number of carbonyl (C=O) groups excluding carboxylic acids is 4. The molecule has 254 valence electrons.